The number of allylic oxidation sites excluding steroid dienone is 1. The van der Waals surface area contributed by atoms with Crippen LogP contribution < -0.4 is 15.4 Å². The fourth-order valence-corrected chi connectivity index (χ4v) is 7.54. The third kappa shape index (κ3) is 8.05. The summed E-state index contributed by atoms with van der Waals surface area (Å²) >= 11 is 0. The molecule has 0 radical (unpaired) electrons. The van der Waals surface area contributed by atoms with E-state index < -0.39 is 56.4 Å². The normalized spacial score (nSPS) is 30.9. The maximum atomic E-state index is 14.0. The number of hydrogen-bond acceptors (Lipinski definition) is 7. The molecule has 5 atom stereocenters. The van der Waals surface area contributed by atoms with Crippen molar-refractivity contribution in [2.24, 2.45) is 17.8 Å². The fraction of sp³-hybridized carbons (Fsp3) is 0.800. The minimum Gasteiger partial charge on any atom is -0.444 e. The first-order chi connectivity index (χ1) is 19.6. The van der Waals surface area contributed by atoms with Gasteiger partial charge in [0, 0.05) is 12.5 Å². The first kappa shape index (κ1) is 32.3. The Morgan fingerprint density at radius 1 is 1.14 bits per heavy atom. The number of alkyl carbamates (subject to hydrolysis) is 1. The zero-order valence-corrected chi connectivity index (χ0v) is 26.4. The maximum Gasteiger partial charge on any atom is 0.408 e. The number of nitrogens with one attached hydrogen (secondary N) is 3. The van der Waals surface area contributed by atoms with Crippen molar-refractivity contribution in [3.8, 4) is 0 Å². The van der Waals surface area contributed by atoms with Gasteiger partial charge in [-0.15, -0.1) is 0 Å². The Labute approximate surface area is 250 Å². The van der Waals surface area contributed by atoms with E-state index in [2.05, 4.69) is 29.2 Å². The van der Waals surface area contributed by atoms with Crippen molar-refractivity contribution in [1.29, 1.82) is 0 Å². The number of ether oxygens (including phenoxy) is 1. The average Bonchev–Trinajstić information content (AvgIpc) is 3.78. The number of amides is 4. The monoisotopic (exact) mass is 608 g/mol. The highest BCUT2D eigenvalue weighted by Crippen LogP contribution is 2.46. The second kappa shape index (κ2) is 12.5. The standard InChI is InChI=1S/C30H48N4O7S/c1-19(2)15-20-16-24-25(35)32-30(27(37)33-42(39,40)22-13-14-22)17-21(30)11-9-7-6-8-10-12-23(26(36)34(24)18-20)31-28(38)41-29(3,4)5/h9,11,19-24H,6-8,10,12-18H2,1-5H3,(H,31,38)(H,32,35)(H,33,37)/t20-,21-,23+,24+,30-/m1/s1. The lowest BCUT2D eigenvalue weighted by molar-refractivity contribution is -0.141. The van der Waals surface area contributed by atoms with Crippen molar-refractivity contribution >= 4 is 33.8 Å². The van der Waals surface area contributed by atoms with Crippen LogP contribution in [0, 0.1) is 17.8 Å². The second-order valence-electron chi connectivity index (χ2n) is 13.9. The topological polar surface area (TPSA) is 151 Å². The van der Waals surface area contributed by atoms with Crippen molar-refractivity contribution in [3.05, 3.63) is 12.2 Å². The molecule has 4 rings (SSSR count). The first-order valence-electron chi connectivity index (χ1n) is 15.5. The highest BCUT2D eigenvalue weighted by Gasteiger charge is 2.62. The van der Waals surface area contributed by atoms with Gasteiger partial charge in [0.25, 0.3) is 5.91 Å². The van der Waals surface area contributed by atoms with Gasteiger partial charge in [-0.1, -0.05) is 38.8 Å². The highest BCUT2D eigenvalue weighted by molar-refractivity contribution is 7.91. The molecule has 0 aromatic rings. The largest absolute Gasteiger partial charge is 0.444 e. The molecular weight excluding hydrogens is 560 g/mol. The minimum absolute atomic E-state index is 0.0701. The molecule has 2 aliphatic carbocycles. The van der Waals surface area contributed by atoms with Gasteiger partial charge < -0.3 is 20.3 Å². The molecule has 3 fully saturated rings. The van der Waals surface area contributed by atoms with Crippen molar-refractivity contribution in [2.75, 3.05) is 6.54 Å². The highest BCUT2D eigenvalue weighted by atomic mass is 32.2. The zero-order valence-electron chi connectivity index (χ0n) is 25.6. The van der Waals surface area contributed by atoms with Crippen LogP contribution in [-0.4, -0.2) is 72.2 Å². The van der Waals surface area contributed by atoms with Gasteiger partial charge >= 0.3 is 6.09 Å². The summed E-state index contributed by atoms with van der Waals surface area (Å²) in [7, 11) is -3.80. The second-order valence-corrected chi connectivity index (χ2v) is 15.9. The molecule has 4 amide bonds. The molecular formula is C30H48N4O7S. The van der Waals surface area contributed by atoms with Crippen LogP contribution in [0.3, 0.4) is 0 Å². The van der Waals surface area contributed by atoms with Crippen LogP contribution >= 0.6 is 0 Å². The predicted molar refractivity (Wildman–Crippen MR) is 158 cm³/mol. The van der Waals surface area contributed by atoms with Gasteiger partial charge in [0.15, 0.2) is 0 Å². The van der Waals surface area contributed by atoms with Crippen molar-refractivity contribution in [2.45, 2.75) is 127 Å². The molecule has 42 heavy (non-hydrogen) atoms. The molecule has 0 unspecified atom stereocenters. The number of sulfonamides is 1. The van der Waals surface area contributed by atoms with Gasteiger partial charge in [-0.25, -0.2) is 13.2 Å². The summed E-state index contributed by atoms with van der Waals surface area (Å²) in [4.78, 5) is 55.6. The van der Waals surface area contributed by atoms with Crippen LogP contribution in [0.25, 0.3) is 0 Å². The zero-order chi connectivity index (χ0) is 30.9. The molecule has 11 nitrogen and oxygen atoms in total. The summed E-state index contributed by atoms with van der Waals surface area (Å²) in [6, 6.07) is -1.70. The van der Waals surface area contributed by atoms with Crippen LogP contribution in [0.15, 0.2) is 12.2 Å². The van der Waals surface area contributed by atoms with Gasteiger partial charge in [-0.2, -0.15) is 0 Å². The average molecular weight is 609 g/mol. The van der Waals surface area contributed by atoms with Crippen molar-refractivity contribution in [3.63, 3.8) is 0 Å². The van der Waals surface area contributed by atoms with Crippen molar-refractivity contribution in [1.82, 2.24) is 20.3 Å². The fourth-order valence-electron chi connectivity index (χ4n) is 6.17. The molecule has 1 saturated heterocycles. The summed E-state index contributed by atoms with van der Waals surface area (Å²) < 4.78 is 32.9. The Hall–Kier alpha value is -2.63. The summed E-state index contributed by atoms with van der Waals surface area (Å²) in [6.45, 7) is 9.80. The van der Waals surface area contributed by atoms with Crippen molar-refractivity contribution < 1.29 is 32.3 Å². The van der Waals surface area contributed by atoms with E-state index in [4.69, 9.17) is 4.74 Å². The number of hydrogen-bond donors (Lipinski definition) is 3. The Morgan fingerprint density at radius 3 is 2.50 bits per heavy atom. The quantitative estimate of drug-likeness (QED) is 0.392. The van der Waals surface area contributed by atoms with Gasteiger partial charge in [0.05, 0.1) is 5.25 Å². The Balaban J connectivity index is 1.61. The summed E-state index contributed by atoms with van der Waals surface area (Å²) in [5.41, 5.74) is -2.12. The van der Waals surface area contributed by atoms with Crippen LogP contribution in [0.2, 0.25) is 0 Å². The molecule has 2 aliphatic heterocycles. The number of fused-ring (bicyclic) bond motifs is 2. The van der Waals surface area contributed by atoms with E-state index in [1.54, 1.807) is 25.7 Å². The number of carbonyl (C=O) groups excluding carboxylic acids is 4. The van der Waals surface area contributed by atoms with Gasteiger partial charge in [-0.3, -0.25) is 19.1 Å². The van der Waals surface area contributed by atoms with E-state index in [-0.39, 0.29) is 17.7 Å². The van der Waals surface area contributed by atoms with Gasteiger partial charge in [0.1, 0.15) is 23.2 Å². The maximum absolute atomic E-state index is 14.0. The SMILES string of the molecule is CC(C)C[C@@H]1C[C@H]2C(=O)N[C@]3(C(=O)NS(=O)(=O)C4CC4)C[C@H]3C=CCCCCC[C@H](NC(=O)OC(C)(C)C)C(=O)N2C1. The summed E-state index contributed by atoms with van der Waals surface area (Å²) in [6.07, 6.45) is 9.28. The van der Waals surface area contributed by atoms with Crippen LogP contribution in [-0.2, 0) is 29.1 Å². The minimum atomic E-state index is -3.80. The third-order valence-corrected chi connectivity index (χ3v) is 10.3. The van der Waals surface area contributed by atoms with E-state index in [0.717, 1.165) is 25.7 Å². The van der Waals surface area contributed by atoms with E-state index >= 15 is 0 Å². The molecule has 2 saturated carbocycles. The lowest BCUT2D eigenvalue weighted by Crippen LogP contribution is -2.58. The molecule has 0 spiro atoms. The first-order valence-corrected chi connectivity index (χ1v) is 17.0. The number of nitrogens with zero attached hydrogens (tertiary/aromatic N) is 1. The van der Waals surface area contributed by atoms with E-state index in [1.807, 2.05) is 12.2 Å². The molecule has 2 heterocycles. The lowest BCUT2D eigenvalue weighted by atomic mass is 9.94. The molecule has 0 bridgehead atoms. The smallest absolute Gasteiger partial charge is 0.408 e. The summed E-state index contributed by atoms with van der Waals surface area (Å²) in [5.74, 6) is -1.45. The molecule has 236 valence electrons. The Morgan fingerprint density at radius 2 is 1.86 bits per heavy atom. The molecule has 0 aromatic heterocycles. The van der Waals surface area contributed by atoms with Gasteiger partial charge in [0.2, 0.25) is 21.8 Å². The van der Waals surface area contributed by atoms with Crippen LogP contribution in [0.1, 0.15) is 98.8 Å². The molecule has 3 N–H and O–H groups in total. The molecule has 4 aliphatic rings. The van der Waals surface area contributed by atoms with E-state index in [9.17, 15) is 27.6 Å². The Kier molecular flexibility index (Phi) is 9.64. The predicted octanol–water partition coefficient (Wildman–Crippen LogP) is 3.15. The van der Waals surface area contributed by atoms with Crippen LogP contribution in [0.5, 0.6) is 0 Å². The van der Waals surface area contributed by atoms with E-state index in [1.165, 1.54) is 0 Å². The summed E-state index contributed by atoms with van der Waals surface area (Å²) in [5, 5.41) is 5.08. The number of carbonyl (C=O) groups is 4. The number of rotatable bonds is 6. The molecule has 12 heteroatoms. The molecule has 0 aromatic carbocycles. The Bertz CT molecular complexity index is 1190. The van der Waals surface area contributed by atoms with Gasteiger partial charge in [-0.05, 0) is 84.0 Å². The third-order valence-electron chi connectivity index (χ3n) is 8.46. The van der Waals surface area contributed by atoms with E-state index in [0.29, 0.717) is 51.0 Å². The van der Waals surface area contributed by atoms with Crippen LogP contribution in [0.4, 0.5) is 4.79 Å². The lowest BCUT2D eigenvalue weighted by Gasteiger charge is -2.30.